The molecule has 162 valence electrons. The van der Waals surface area contributed by atoms with Gasteiger partial charge < -0.3 is 9.64 Å². The minimum Gasteiger partial charge on any atom is -0.378 e. The fraction of sp³-hybridized carbons (Fsp3) is 0.591. The zero-order chi connectivity index (χ0) is 21.3. The Bertz CT molecular complexity index is 1020. The Kier molecular flexibility index (Phi) is 6.60. The van der Waals surface area contributed by atoms with Crippen LogP contribution in [-0.2, 0) is 4.74 Å². The fourth-order valence-electron chi connectivity index (χ4n) is 4.30. The largest absolute Gasteiger partial charge is 0.378 e. The monoisotopic (exact) mass is 447 g/mol. The molecule has 0 N–H and O–H groups in total. The average molecular weight is 448 g/mol. The molecule has 4 rings (SSSR count). The van der Waals surface area contributed by atoms with Gasteiger partial charge in [-0.25, -0.2) is 14.5 Å². The summed E-state index contributed by atoms with van der Waals surface area (Å²) in [5.74, 6) is 0.484. The normalized spacial score (nSPS) is 14.9. The van der Waals surface area contributed by atoms with Crippen LogP contribution < -0.4 is 4.90 Å². The van der Waals surface area contributed by atoms with Crippen molar-refractivity contribution in [3.8, 4) is 10.4 Å². The number of rotatable bonds is 7. The average Bonchev–Trinajstić information content (AvgIpc) is 3.26. The summed E-state index contributed by atoms with van der Waals surface area (Å²) in [7, 11) is 0. The summed E-state index contributed by atoms with van der Waals surface area (Å²) in [6, 6.07) is 2.20. The van der Waals surface area contributed by atoms with Crippen molar-refractivity contribution in [2.75, 3.05) is 31.2 Å². The number of aromatic nitrogens is 4. The molecule has 8 heteroatoms. The molecule has 3 aromatic heterocycles. The van der Waals surface area contributed by atoms with Crippen molar-refractivity contribution in [2.24, 2.45) is 0 Å². The van der Waals surface area contributed by atoms with Crippen LogP contribution >= 0.6 is 22.9 Å². The SMILES string of the molecule is CCCC(CCC)c1cc(C)nc2c(-c3sc(N4CCOCC4)nc3Cl)c(C)nn12. The first-order valence-electron chi connectivity index (χ1n) is 10.9. The molecule has 0 bridgehead atoms. The summed E-state index contributed by atoms with van der Waals surface area (Å²) < 4.78 is 7.53. The zero-order valence-corrected chi connectivity index (χ0v) is 19.8. The molecular formula is C22H30ClN5OS. The molecule has 0 saturated carbocycles. The number of fused-ring (bicyclic) bond motifs is 1. The summed E-state index contributed by atoms with van der Waals surface area (Å²) in [5, 5.41) is 6.39. The standard InChI is InChI=1S/C22H30ClN5OS/c1-5-7-16(8-6-2)17-13-14(3)24-21-18(15(4)26-28(17)21)19-20(23)25-22(30-19)27-9-11-29-12-10-27/h13,16H,5-12H2,1-4H3. The van der Waals surface area contributed by atoms with Crippen LogP contribution in [0.1, 0.15) is 62.5 Å². The highest BCUT2D eigenvalue weighted by molar-refractivity contribution is 7.19. The van der Waals surface area contributed by atoms with Crippen LogP contribution in [0.5, 0.6) is 0 Å². The molecule has 0 amide bonds. The minimum absolute atomic E-state index is 0.484. The fourth-order valence-corrected chi connectivity index (χ4v) is 5.74. The van der Waals surface area contributed by atoms with Crippen LogP contribution in [0, 0.1) is 13.8 Å². The van der Waals surface area contributed by atoms with Gasteiger partial charge in [0.1, 0.15) is 5.15 Å². The Morgan fingerprint density at radius 3 is 2.50 bits per heavy atom. The maximum atomic E-state index is 6.65. The zero-order valence-electron chi connectivity index (χ0n) is 18.2. The van der Waals surface area contributed by atoms with E-state index in [-0.39, 0.29) is 0 Å². The number of nitrogens with zero attached hydrogens (tertiary/aromatic N) is 5. The smallest absolute Gasteiger partial charge is 0.187 e. The lowest BCUT2D eigenvalue weighted by atomic mass is 9.94. The molecule has 0 aromatic carbocycles. The van der Waals surface area contributed by atoms with Gasteiger partial charge in [0.05, 0.1) is 29.3 Å². The van der Waals surface area contributed by atoms with Crippen molar-refractivity contribution < 1.29 is 4.74 Å². The van der Waals surface area contributed by atoms with Crippen LogP contribution in [0.4, 0.5) is 5.13 Å². The van der Waals surface area contributed by atoms with Crippen LogP contribution in [0.3, 0.4) is 0 Å². The van der Waals surface area contributed by atoms with Crippen molar-refractivity contribution in [3.05, 3.63) is 28.3 Å². The number of anilines is 1. The topological polar surface area (TPSA) is 55.5 Å². The molecule has 0 radical (unpaired) electrons. The summed E-state index contributed by atoms with van der Waals surface area (Å²) in [4.78, 5) is 12.8. The number of aryl methyl sites for hydroxylation is 2. The van der Waals surface area contributed by atoms with Crippen LogP contribution in [0.2, 0.25) is 5.15 Å². The Balaban J connectivity index is 1.83. The van der Waals surface area contributed by atoms with E-state index in [4.69, 9.17) is 26.4 Å². The summed E-state index contributed by atoms with van der Waals surface area (Å²) in [5.41, 5.74) is 5.11. The number of ether oxygens (including phenoxy) is 1. The Morgan fingerprint density at radius 2 is 1.83 bits per heavy atom. The van der Waals surface area contributed by atoms with E-state index in [2.05, 4.69) is 41.2 Å². The highest BCUT2D eigenvalue weighted by atomic mass is 35.5. The van der Waals surface area contributed by atoms with Gasteiger partial charge in [0.25, 0.3) is 0 Å². The van der Waals surface area contributed by atoms with Crippen LogP contribution in [0.25, 0.3) is 16.1 Å². The van der Waals surface area contributed by atoms with E-state index in [1.165, 1.54) is 5.69 Å². The van der Waals surface area contributed by atoms with Gasteiger partial charge in [0.2, 0.25) is 0 Å². The third-order valence-corrected chi connectivity index (χ3v) is 7.21. The first-order chi connectivity index (χ1) is 14.5. The van der Waals surface area contributed by atoms with Crippen molar-refractivity contribution in [1.82, 2.24) is 19.6 Å². The minimum atomic E-state index is 0.484. The second kappa shape index (κ2) is 9.20. The van der Waals surface area contributed by atoms with Gasteiger partial charge in [-0.15, -0.1) is 0 Å². The number of morpholine rings is 1. The molecule has 1 saturated heterocycles. The maximum absolute atomic E-state index is 6.65. The molecule has 1 aliphatic heterocycles. The van der Waals surface area contributed by atoms with E-state index in [0.717, 1.165) is 84.6 Å². The number of halogens is 1. The van der Waals surface area contributed by atoms with Gasteiger partial charge in [-0.3, -0.25) is 0 Å². The second-order valence-electron chi connectivity index (χ2n) is 8.01. The third-order valence-electron chi connectivity index (χ3n) is 5.70. The van der Waals surface area contributed by atoms with Crippen LogP contribution in [-0.4, -0.2) is 45.9 Å². The summed E-state index contributed by atoms with van der Waals surface area (Å²) in [6.07, 6.45) is 4.63. The Morgan fingerprint density at radius 1 is 1.13 bits per heavy atom. The molecule has 0 unspecified atom stereocenters. The predicted octanol–water partition coefficient (Wildman–Crippen LogP) is 5.64. The second-order valence-corrected chi connectivity index (χ2v) is 9.34. The number of hydrogen-bond donors (Lipinski definition) is 0. The molecule has 0 aliphatic carbocycles. The van der Waals surface area contributed by atoms with E-state index in [0.29, 0.717) is 11.1 Å². The van der Waals surface area contributed by atoms with Crippen LogP contribution in [0.15, 0.2) is 6.07 Å². The Hall–Kier alpha value is -1.70. The van der Waals surface area contributed by atoms with Gasteiger partial charge in [-0.1, -0.05) is 49.6 Å². The van der Waals surface area contributed by atoms with Gasteiger partial charge in [0, 0.05) is 30.4 Å². The lowest BCUT2D eigenvalue weighted by molar-refractivity contribution is 0.122. The van der Waals surface area contributed by atoms with Crippen molar-refractivity contribution in [2.45, 2.75) is 59.3 Å². The maximum Gasteiger partial charge on any atom is 0.187 e. The van der Waals surface area contributed by atoms with Gasteiger partial charge in [0.15, 0.2) is 10.8 Å². The van der Waals surface area contributed by atoms with E-state index in [1.807, 2.05) is 6.92 Å². The summed E-state index contributed by atoms with van der Waals surface area (Å²) >= 11 is 8.27. The van der Waals surface area contributed by atoms with E-state index in [9.17, 15) is 0 Å². The molecule has 0 atom stereocenters. The van der Waals surface area contributed by atoms with E-state index >= 15 is 0 Å². The molecule has 4 heterocycles. The molecule has 0 spiro atoms. The lowest BCUT2D eigenvalue weighted by Gasteiger charge is -2.25. The van der Waals surface area contributed by atoms with E-state index in [1.54, 1.807) is 11.3 Å². The quantitative estimate of drug-likeness (QED) is 0.468. The lowest BCUT2D eigenvalue weighted by Crippen LogP contribution is -2.36. The molecule has 30 heavy (non-hydrogen) atoms. The first-order valence-corrected chi connectivity index (χ1v) is 12.1. The number of thiazole rings is 1. The molecule has 1 fully saturated rings. The van der Waals surface area contributed by atoms with Crippen molar-refractivity contribution >= 4 is 33.7 Å². The first kappa shape index (κ1) is 21.5. The van der Waals surface area contributed by atoms with Gasteiger partial charge in [-0.05, 0) is 32.8 Å². The van der Waals surface area contributed by atoms with Crippen molar-refractivity contribution in [1.29, 1.82) is 0 Å². The van der Waals surface area contributed by atoms with Gasteiger partial charge >= 0.3 is 0 Å². The van der Waals surface area contributed by atoms with Gasteiger partial charge in [-0.2, -0.15) is 5.10 Å². The van der Waals surface area contributed by atoms with Crippen molar-refractivity contribution in [3.63, 3.8) is 0 Å². The predicted molar refractivity (Wildman–Crippen MR) is 124 cm³/mol. The Labute approximate surface area is 187 Å². The number of hydrogen-bond acceptors (Lipinski definition) is 6. The third kappa shape index (κ3) is 4.07. The highest BCUT2D eigenvalue weighted by Crippen LogP contribution is 2.41. The molecule has 6 nitrogen and oxygen atoms in total. The summed E-state index contributed by atoms with van der Waals surface area (Å²) in [6.45, 7) is 11.7. The van der Waals surface area contributed by atoms with E-state index < -0.39 is 0 Å². The molecular weight excluding hydrogens is 418 g/mol. The highest BCUT2D eigenvalue weighted by Gasteiger charge is 2.25. The molecule has 1 aliphatic rings. The molecule has 3 aromatic rings.